The van der Waals surface area contributed by atoms with Gasteiger partial charge in [-0.15, -0.1) is 0 Å². The number of benzene rings is 1. The van der Waals surface area contributed by atoms with Crippen LogP contribution in [0.15, 0.2) is 24.3 Å². The Labute approximate surface area is 137 Å². The van der Waals surface area contributed by atoms with Crippen LogP contribution in [0, 0.1) is 0 Å². The maximum absolute atomic E-state index is 13.2. The Hall–Kier alpha value is -2.29. The lowest BCUT2D eigenvalue weighted by atomic mass is 9.93. The number of alkyl halides is 3. The molecule has 6 nitrogen and oxygen atoms in total. The number of anilines is 1. The van der Waals surface area contributed by atoms with Gasteiger partial charge in [0.05, 0.1) is 6.61 Å². The Morgan fingerprint density at radius 1 is 1.21 bits per heavy atom. The van der Waals surface area contributed by atoms with Crippen LogP contribution < -0.4 is 10.2 Å². The number of amides is 2. The summed E-state index contributed by atoms with van der Waals surface area (Å²) in [7, 11) is 1.42. The van der Waals surface area contributed by atoms with Crippen LogP contribution in [0.2, 0.25) is 0 Å². The van der Waals surface area contributed by atoms with Gasteiger partial charge in [-0.3, -0.25) is 4.90 Å². The lowest BCUT2D eigenvalue weighted by Crippen LogP contribution is -2.50. The third kappa shape index (κ3) is 3.61. The number of halogens is 3. The molecule has 9 heteroatoms. The highest BCUT2D eigenvalue weighted by molar-refractivity contribution is 5.91. The first-order chi connectivity index (χ1) is 11.1. The van der Waals surface area contributed by atoms with Gasteiger partial charge in [-0.2, -0.15) is 13.2 Å². The minimum absolute atomic E-state index is 0.278. The van der Waals surface area contributed by atoms with Gasteiger partial charge in [0.25, 0.3) is 5.60 Å². The Morgan fingerprint density at radius 3 is 2.12 bits per heavy atom. The molecule has 2 amide bonds. The van der Waals surface area contributed by atoms with E-state index in [0.717, 1.165) is 12.1 Å². The highest BCUT2D eigenvalue weighted by Crippen LogP contribution is 2.40. The van der Waals surface area contributed by atoms with E-state index < -0.39 is 29.3 Å². The smallest absolute Gasteiger partial charge is 0.432 e. The number of carbonyl (C=O) groups excluding carboxylic acids is 2. The van der Waals surface area contributed by atoms with Crippen LogP contribution in [-0.4, -0.2) is 43.5 Å². The summed E-state index contributed by atoms with van der Waals surface area (Å²) in [6.45, 7) is 2.99. The number of nitrogens with zero attached hydrogens (tertiary/aromatic N) is 1. The Bertz CT molecular complexity index is 589. The maximum Gasteiger partial charge on any atom is 0.432 e. The fraction of sp³-hybridized carbons (Fsp3) is 0.467. The van der Waals surface area contributed by atoms with Gasteiger partial charge in [0.15, 0.2) is 0 Å². The molecule has 0 unspecified atom stereocenters. The van der Waals surface area contributed by atoms with Crippen molar-refractivity contribution in [2.75, 3.05) is 25.1 Å². The van der Waals surface area contributed by atoms with E-state index in [2.05, 4.69) is 10.1 Å². The summed E-state index contributed by atoms with van der Waals surface area (Å²) >= 11 is 0. The van der Waals surface area contributed by atoms with Gasteiger partial charge in [0, 0.05) is 24.8 Å². The standard InChI is InChI=1S/C15H19F3N2O4/c1-4-20(13(22)19-3)11-8-6-10(7-9-11)14(23,15(16,17)18)12(21)24-5-2/h6-9,23H,4-5H2,1-3H3,(H,19,22)/t14-/m0/s1. The summed E-state index contributed by atoms with van der Waals surface area (Å²) in [4.78, 5) is 24.6. The largest absolute Gasteiger partial charge is 0.463 e. The molecule has 0 spiro atoms. The normalized spacial score (nSPS) is 13.8. The van der Waals surface area contributed by atoms with Crippen LogP contribution in [0.3, 0.4) is 0 Å². The number of urea groups is 1. The molecular weight excluding hydrogens is 329 g/mol. The Morgan fingerprint density at radius 2 is 1.75 bits per heavy atom. The van der Waals surface area contributed by atoms with Gasteiger partial charge < -0.3 is 15.2 Å². The molecule has 1 rings (SSSR count). The minimum Gasteiger partial charge on any atom is -0.463 e. The van der Waals surface area contributed by atoms with E-state index >= 15 is 0 Å². The molecule has 0 bridgehead atoms. The number of rotatable bonds is 5. The van der Waals surface area contributed by atoms with Crippen molar-refractivity contribution in [3.8, 4) is 0 Å². The van der Waals surface area contributed by atoms with E-state index in [1.54, 1.807) is 6.92 Å². The van der Waals surface area contributed by atoms with Crippen molar-refractivity contribution in [1.29, 1.82) is 0 Å². The number of carbonyl (C=O) groups is 2. The predicted molar refractivity (Wildman–Crippen MR) is 80.5 cm³/mol. The number of aliphatic hydroxyl groups is 1. The topological polar surface area (TPSA) is 78.9 Å². The van der Waals surface area contributed by atoms with Crippen molar-refractivity contribution < 1.29 is 32.6 Å². The van der Waals surface area contributed by atoms with Crippen LogP contribution in [0.4, 0.5) is 23.7 Å². The van der Waals surface area contributed by atoms with Crippen molar-refractivity contribution in [2.24, 2.45) is 0 Å². The number of nitrogens with one attached hydrogen (secondary N) is 1. The molecule has 24 heavy (non-hydrogen) atoms. The average Bonchev–Trinajstić information content (AvgIpc) is 2.54. The highest BCUT2D eigenvalue weighted by Gasteiger charge is 2.62. The summed E-state index contributed by atoms with van der Waals surface area (Å²) in [5.41, 5.74) is -4.15. The summed E-state index contributed by atoms with van der Waals surface area (Å²) in [5, 5.41) is 12.4. The van der Waals surface area contributed by atoms with Gasteiger partial charge in [-0.1, -0.05) is 12.1 Å². The second-order valence-corrected chi connectivity index (χ2v) is 4.77. The first-order valence-corrected chi connectivity index (χ1v) is 7.19. The van der Waals surface area contributed by atoms with E-state index in [4.69, 9.17) is 0 Å². The van der Waals surface area contributed by atoms with Crippen molar-refractivity contribution >= 4 is 17.7 Å². The van der Waals surface area contributed by atoms with Crippen LogP contribution in [-0.2, 0) is 15.1 Å². The molecule has 0 heterocycles. The van der Waals surface area contributed by atoms with E-state index in [9.17, 15) is 27.9 Å². The SMILES string of the molecule is CCOC(=O)[C@@](O)(c1ccc(N(CC)C(=O)NC)cc1)C(F)(F)F. The maximum atomic E-state index is 13.2. The van der Waals surface area contributed by atoms with E-state index in [-0.39, 0.29) is 13.2 Å². The second kappa shape index (κ2) is 7.52. The van der Waals surface area contributed by atoms with Crippen molar-refractivity contribution in [3.05, 3.63) is 29.8 Å². The Balaban J connectivity index is 3.29. The van der Waals surface area contributed by atoms with Gasteiger partial charge in [0.2, 0.25) is 0 Å². The highest BCUT2D eigenvalue weighted by atomic mass is 19.4. The molecule has 0 aliphatic heterocycles. The van der Waals surface area contributed by atoms with Crippen LogP contribution in [0.5, 0.6) is 0 Å². The van der Waals surface area contributed by atoms with E-state index in [1.807, 2.05) is 0 Å². The molecule has 0 radical (unpaired) electrons. The number of hydrogen-bond acceptors (Lipinski definition) is 4. The molecular formula is C15H19F3N2O4. The molecule has 0 aromatic heterocycles. The summed E-state index contributed by atoms with van der Waals surface area (Å²) in [6, 6.07) is 3.85. The van der Waals surface area contributed by atoms with Crippen LogP contribution in [0.1, 0.15) is 19.4 Å². The molecule has 0 fully saturated rings. The first kappa shape index (κ1) is 19.8. The van der Waals surface area contributed by atoms with E-state index in [0.29, 0.717) is 5.69 Å². The lowest BCUT2D eigenvalue weighted by molar-refractivity contribution is -0.267. The Kier molecular flexibility index (Phi) is 6.19. The zero-order valence-electron chi connectivity index (χ0n) is 13.5. The van der Waals surface area contributed by atoms with Gasteiger partial charge in [-0.05, 0) is 26.0 Å². The zero-order valence-corrected chi connectivity index (χ0v) is 13.5. The van der Waals surface area contributed by atoms with Gasteiger partial charge in [0.1, 0.15) is 0 Å². The number of hydrogen-bond donors (Lipinski definition) is 2. The third-order valence-corrected chi connectivity index (χ3v) is 3.35. The minimum atomic E-state index is -5.26. The number of esters is 1. The number of ether oxygens (including phenoxy) is 1. The van der Waals surface area contributed by atoms with E-state index in [1.165, 1.54) is 31.0 Å². The second-order valence-electron chi connectivity index (χ2n) is 4.77. The zero-order chi connectivity index (χ0) is 18.5. The molecule has 2 N–H and O–H groups in total. The summed E-state index contributed by atoms with van der Waals surface area (Å²) in [6.07, 6.45) is -5.26. The molecule has 0 aliphatic carbocycles. The summed E-state index contributed by atoms with van der Waals surface area (Å²) < 4.78 is 44.1. The summed E-state index contributed by atoms with van der Waals surface area (Å²) in [5.74, 6) is -1.80. The van der Waals surface area contributed by atoms with Crippen LogP contribution >= 0.6 is 0 Å². The molecule has 0 saturated carbocycles. The van der Waals surface area contributed by atoms with Crippen molar-refractivity contribution in [3.63, 3.8) is 0 Å². The fourth-order valence-electron chi connectivity index (χ4n) is 2.09. The molecule has 1 aromatic rings. The lowest BCUT2D eigenvalue weighted by Gasteiger charge is -2.29. The van der Waals surface area contributed by atoms with Crippen LogP contribution in [0.25, 0.3) is 0 Å². The van der Waals surface area contributed by atoms with Crippen molar-refractivity contribution in [2.45, 2.75) is 25.6 Å². The molecule has 0 aliphatic rings. The molecule has 1 atom stereocenters. The fourth-order valence-corrected chi connectivity index (χ4v) is 2.09. The quantitative estimate of drug-likeness (QED) is 0.800. The van der Waals surface area contributed by atoms with Crippen molar-refractivity contribution in [1.82, 2.24) is 5.32 Å². The monoisotopic (exact) mass is 348 g/mol. The first-order valence-electron chi connectivity index (χ1n) is 7.19. The predicted octanol–water partition coefficient (Wildman–Crippen LogP) is 2.17. The molecule has 1 aromatic carbocycles. The third-order valence-electron chi connectivity index (χ3n) is 3.35. The molecule has 0 saturated heterocycles. The molecule has 134 valence electrons. The van der Waals surface area contributed by atoms with Gasteiger partial charge >= 0.3 is 18.2 Å². The van der Waals surface area contributed by atoms with Gasteiger partial charge in [-0.25, -0.2) is 9.59 Å². The average molecular weight is 348 g/mol.